The van der Waals surface area contributed by atoms with E-state index in [1.165, 1.54) is 5.56 Å². The van der Waals surface area contributed by atoms with Crippen LogP contribution in [0.3, 0.4) is 0 Å². The number of carbonyl (C=O) groups excluding carboxylic acids is 1. The highest BCUT2D eigenvalue weighted by Gasteiger charge is 2.37. The number of ether oxygens (including phenoxy) is 2. The molecule has 1 aliphatic heterocycles. The molecule has 2 aromatic carbocycles. The molecule has 6 nitrogen and oxygen atoms in total. The summed E-state index contributed by atoms with van der Waals surface area (Å²) >= 11 is -1.38. The lowest BCUT2D eigenvalue weighted by atomic mass is 9.89. The minimum atomic E-state index is -1.38. The van der Waals surface area contributed by atoms with Gasteiger partial charge in [0.15, 0.2) is 5.25 Å². The zero-order chi connectivity index (χ0) is 28.2. The Morgan fingerprint density at radius 1 is 1.15 bits per heavy atom. The average Bonchev–Trinajstić information content (AvgIpc) is 3.23. The monoisotopic (exact) mass is 549 g/mol. The van der Waals surface area contributed by atoms with Gasteiger partial charge in [-0.05, 0) is 92.6 Å². The maximum Gasteiger partial charge on any atom is 0.266 e. The van der Waals surface area contributed by atoms with Crippen molar-refractivity contribution in [3.63, 3.8) is 0 Å². The molecule has 208 valence electrons. The van der Waals surface area contributed by atoms with Gasteiger partial charge in [0.2, 0.25) is 0 Å². The molecular formula is C32H39NO5S. The van der Waals surface area contributed by atoms with Crippen LogP contribution in [0.25, 0.3) is 5.57 Å². The second-order valence-electron chi connectivity index (χ2n) is 11.1. The Morgan fingerprint density at radius 3 is 2.46 bits per heavy atom. The summed E-state index contributed by atoms with van der Waals surface area (Å²) in [5, 5.41) is 9.64. The van der Waals surface area contributed by atoms with Crippen molar-refractivity contribution in [2.45, 2.75) is 76.8 Å². The van der Waals surface area contributed by atoms with Gasteiger partial charge < -0.3 is 19.1 Å². The number of rotatable bonds is 8. The van der Waals surface area contributed by atoms with Gasteiger partial charge in [-0.25, -0.2) is 0 Å². The highest BCUT2D eigenvalue weighted by Crippen LogP contribution is 2.35. The number of hydrogen-bond donors (Lipinski definition) is 2. The van der Waals surface area contributed by atoms with Crippen molar-refractivity contribution in [1.82, 2.24) is 4.72 Å². The molecule has 1 aliphatic carbocycles. The third-order valence-corrected chi connectivity index (χ3v) is 8.49. The van der Waals surface area contributed by atoms with E-state index < -0.39 is 17.0 Å². The van der Waals surface area contributed by atoms with E-state index in [1.54, 1.807) is 13.8 Å². The second kappa shape index (κ2) is 12.5. The van der Waals surface area contributed by atoms with Gasteiger partial charge >= 0.3 is 0 Å². The van der Waals surface area contributed by atoms with Crippen molar-refractivity contribution in [2.24, 2.45) is 0 Å². The summed E-state index contributed by atoms with van der Waals surface area (Å²) in [6.45, 7) is 12.6. The van der Waals surface area contributed by atoms with E-state index in [4.69, 9.17) is 9.47 Å². The fourth-order valence-electron chi connectivity index (χ4n) is 4.98. The van der Waals surface area contributed by atoms with Crippen LogP contribution < -0.4 is 14.2 Å². The zero-order valence-electron chi connectivity index (χ0n) is 23.3. The lowest BCUT2D eigenvalue weighted by Crippen LogP contribution is -2.21. The van der Waals surface area contributed by atoms with Gasteiger partial charge in [-0.15, -0.1) is 0 Å². The smallest absolute Gasteiger partial charge is 0.266 e. The summed E-state index contributed by atoms with van der Waals surface area (Å²) in [7, 11) is 0. The normalized spacial score (nSPS) is 24.2. The summed E-state index contributed by atoms with van der Waals surface area (Å²) in [4.78, 5) is 11.6. The zero-order valence-corrected chi connectivity index (χ0v) is 24.1. The molecule has 2 aromatic rings. The Balaban J connectivity index is 1.40. The van der Waals surface area contributed by atoms with Crippen molar-refractivity contribution in [1.29, 1.82) is 0 Å². The van der Waals surface area contributed by atoms with Crippen LogP contribution in [-0.2, 0) is 16.2 Å². The number of aryl methyl sites for hydroxylation is 2. The van der Waals surface area contributed by atoms with Gasteiger partial charge in [0.25, 0.3) is 5.91 Å². The molecule has 39 heavy (non-hydrogen) atoms. The largest absolute Gasteiger partial charge is 0.593 e. The molecule has 2 N–H and O–H groups in total. The number of allylic oxidation sites excluding steroid dienone is 4. The molecule has 2 aliphatic rings. The van der Waals surface area contributed by atoms with Crippen molar-refractivity contribution < 1.29 is 23.9 Å². The van der Waals surface area contributed by atoms with Crippen molar-refractivity contribution >= 4 is 22.8 Å². The highest BCUT2D eigenvalue weighted by molar-refractivity contribution is 7.90. The molecule has 0 aromatic heterocycles. The van der Waals surface area contributed by atoms with Gasteiger partial charge in [0.1, 0.15) is 17.6 Å². The first-order chi connectivity index (χ1) is 18.5. The molecular weight excluding hydrogens is 510 g/mol. The van der Waals surface area contributed by atoms with Crippen LogP contribution in [-0.4, -0.2) is 33.9 Å². The third-order valence-electron chi connectivity index (χ3n) is 7.10. The van der Waals surface area contributed by atoms with Crippen LogP contribution in [0.15, 0.2) is 66.8 Å². The molecule has 1 amide bonds. The van der Waals surface area contributed by atoms with Gasteiger partial charge in [0, 0.05) is 18.4 Å². The van der Waals surface area contributed by atoms with Gasteiger partial charge in [0.05, 0.1) is 30.0 Å². The van der Waals surface area contributed by atoms with Crippen LogP contribution in [0.1, 0.15) is 73.5 Å². The lowest BCUT2D eigenvalue weighted by molar-refractivity contribution is -0.118. The summed E-state index contributed by atoms with van der Waals surface area (Å²) in [5.41, 5.74) is 5.73. The predicted molar refractivity (Wildman–Crippen MR) is 157 cm³/mol. The first-order valence-corrected chi connectivity index (χ1v) is 14.7. The number of amides is 1. The summed E-state index contributed by atoms with van der Waals surface area (Å²) in [6, 6.07) is 11.7. The standard InChI is InChI=1S/C32H39NO5S/c1-21-10-13-25(38-26-14-11-24(12-15-26)29-20-30(34)33-39(29)36)8-6-7-9-28(21)31-22(2)18-27(19-23(31)3)37-17-16-32(4,5)35/h6-7,9,11-12,14-15,18-19,25,29,35H,1,8,10,13,16-17,20H2,2-5H3,(H,33,34)/b7-6-,28-9+/t25-,29?,39?/m0/s1. The molecule has 0 spiro atoms. The molecule has 1 heterocycles. The van der Waals surface area contributed by atoms with E-state index >= 15 is 0 Å². The highest BCUT2D eigenvalue weighted by atomic mass is 32.2. The van der Waals surface area contributed by atoms with E-state index in [0.29, 0.717) is 13.0 Å². The first kappa shape index (κ1) is 29.0. The Labute approximate surface area is 235 Å². The van der Waals surface area contributed by atoms with Crippen LogP contribution in [0.2, 0.25) is 0 Å². The van der Waals surface area contributed by atoms with E-state index in [-0.39, 0.29) is 23.7 Å². The average molecular weight is 550 g/mol. The third kappa shape index (κ3) is 7.78. The van der Waals surface area contributed by atoms with Gasteiger partial charge in [-0.1, -0.05) is 36.9 Å². The van der Waals surface area contributed by atoms with Crippen LogP contribution in [0.4, 0.5) is 0 Å². The second-order valence-corrected chi connectivity index (χ2v) is 12.4. The molecule has 0 saturated carbocycles. The molecule has 0 radical (unpaired) electrons. The maximum atomic E-state index is 12.1. The first-order valence-electron chi connectivity index (χ1n) is 13.5. The fraction of sp³-hybridized carbons (Fsp3) is 0.406. The summed E-state index contributed by atoms with van der Waals surface area (Å²) in [5.74, 6) is 1.38. The van der Waals surface area contributed by atoms with Crippen LogP contribution in [0.5, 0.6) is 11.5 Å². The topological polar surface area (TPSA) is 90.9 Å². The molecule has 7 heteroatoms. The summed E-state index contributed by atoms with van der Waals surface area (Å²) < 4.78 is 26.8. The number of nitrogens with one attached hydrogen (secondary N) is 1. The van der Waals surface area contributed by atoms with Crippen molar-refractivity contribution in [2.75, 3.05) is 6.61 Å². The molecule has 3 atom stereocenters. The molecule has 2 unspecified atom stereocenters. The Bertz CT molecular complexity index is 1240. The number of aliphatic hydroxyl groups is 1. The van der Waals surface area contributed by atoms with E-state index in [1.807, 2.05) is 24.3 Å². The minimum Gasteiger partial charge on any atom is -0.593 e. The number of hydrogen-bond acceptors (Lipinski definition) is 5. The van der Waals surface area contributed by atoms with Crippen LogP contribution >= 0.6 is 0 Å². The molecule has 1 fully saturated rings. The quantitative estimate of drug-likeness (QED) is 0.383. The van der Waals surface area contributed by atoms with Crippen molar-refractivity contribution in [3.05, 3.63) is 89.0 Å². The molecule has 1 saturated heterocycles. The molecule has 0 bridgehead atoms. The summed E-state index contributed by atoms with van der Waals surface area (Å²) in [6.07, 6.45) is 9.55. The van der Waals surface area contributed by atoms with E-state index in [0.717, 1.165) is 58.6 Å². The van der Waals surface area contributed by atoms with Crippen LogP contribution in [0, 0.1) is 13.8 Å². The van der Waals surface area contributed by atoms with E-state index in [9.17, 15) is 14.5 Å². The minimum absolute atomic E-state index is 0.00537. The molecule has 4 rings (SSSR count). The van der Waals surface area contributed by atoms with E-state index in [2.05, 4.69) is 55.5 Å². The Hall–Kier alpha value is -3.00. The fourth-order valence-corrected chi connectivity index (χ4v) is 6.14. The van der Waals surface area contributed by atoms with Gasteiger partial charge in [-0.2, -0.15) is 4.72 Å². The van der Waals surface area contributed by atoms with Crippen molar-refractivity contribution in [3.8, 4) is 11.5 Å². The SMILES string of the molecule is C=C1CC[C@@H](Oc2ccc(C3CC(=O)N[S+]3[O-])cc2)C/C=C\C=C/1c1c(C)cc(OCCC(C)(C)O)cc1C. The Morgan fingerprint density at radius 2 is 1.85 bits per heavy atom. The lowest BCUT2D eigenvalue weighted by Gasteiger charge is -2.21. The Kier molecular flexibility index (Phi) is 9.26. The predicted octanol–water partition coefficient (Wildman–Crippen LogP) is 6.20. The van der Waals surface area contributed by atoms with Gasteiger partial charge in [-0.3, -0.25) is 4.79 Å². The maximum absolute atomic E-state index is 12.1. The number of benzene rings is 2. The number of carbonyl (C=O) groups is 1.